The molecule has 21 heavy (non-hydrogen) atoms. The number of para-hydroxylation sites is 1. The first-order valence-corrected chi connectivity index (χ1v) is 7.02. The van der Waals surface area contributed by atoms with E-state index in [2.05, 4.69) is 47.6 Å². The molecule has 0 aliphatic carbocycles. The number of fused-ring (bicyclic) bond motifs is 2. The molecule has 102 valence electrons. The maximum absolute atomic E-state index is 5.85. The Morgan fingerprint density at radius 1 is 0.857 bits per heavy atom. The lowest BCUT2D eigenvalue weighted by Gasteiger charge is -2.11. The summed E-state index contributed by atoms with van der Waals surface area (Å²) >= 11 is 0. The minimum absolute atomic E-state index is 0.542. The van der Waals surface area contributed by atoms with Crippen LogP contribution in [0.1, 0.15) is 5.56 Å². The number of rotatable bonds is 2. The van der Waals surface area contributed by atoms with E-state index >= 15 is 0 Å². The minimum Gasteiger partial charge on any atom is -0.326 e. The van der Waals surface area contributed by atoms with Gasteiger partial charge in [-0.3, -0.25) is 0 Å². The highest BCUT2D eigenvalue weighted by Crippen LogP contribution is 2.27. The first-order valence-electron chi connectivity index (χ1n) is 7.02. The maximum Gasteiger partial charge on any atom is 0.0741 e. The quantitative estimate of drug-likeness (QED) is 0.606. The van der Waals surface area contributed by atoms with Crippen LogP contribution in [0.15, 0.2) is 66.9 Å². The van der Waals surface area contributed by atoms with Gasteiger partial charge in [0.1, 0.15) is 0 Å². The van der Waals surface area contributed by atoms with Crippen molar-refractivity contribution < 1.29 is 0 Å². The van der Waals surface area contributed by atoms with Crippen LogP contribution in [0.4, 0.5) is 0 Å². The molecule has 0 fully saturated rings. The van der Waals surface area contributed by atoms with Gasteiger partial charge in [-0.05, 0) is 23.1 Å². The summed E-state index contributed by atoms with van der Waals surface area (Å²) in [4.78, 5) is 0. The predicted octanol–water partition coefficient (Wildman–Crippen LogP) is 3.64. The number of hydrogen-bond donors (Lipinski definition) is 1. The number of benzene rings is 3. The van der Waals surface area contributed by atoms with Gasteiger partial charge in [-0.25, -0.2) is 4.68 Å². The third-order valence-electron chi connectivity index (χ3n) is 3.92. The van der Waals surface area contributed by atoms with Gasteiger partial charge >= 0.3 is 0 Å². The molecule has 3 aromatic carbocycles. The van der Waals surface area contributed by atoms with Crippen LogP contribution in [0.5, 0.6) is 0 Å². The Morgan fingerprint density at radius 2 is 1.62 bits per heavy atom. The molecule has 1 aromatic heterocycles. The smallest absolute Gasteiger partial charge is 0.0741 e. The van der Waals surface area contributed by atoms with Crippen LogP contribution in [0.2, 0.25) is 0 Å². The third-order valence-corrected chi connectivity index (χ3v) is 3.92. The summed E-state index contributed by atoms with van der Waals surface area (Å²) < 4.78 is 2.00. The van der Waals surface area contributed by atoms with Crippen molar-refractivity contribution in [2.45, 2.75) is 6.54 Å². The van der Waals surface area contributed by atoms with Crippen LogP contribution in [0.25, 0.3) is 27.4 Å². The summed E-state index contributed by atoms with van der Waals surface area (Å²) in [5.74, 6) is 0. The van der Waals surface area contributed by atoms with Crippen molar-refractivity contribution in [1.29, 1.82) is 0 Å². The average molecular weight is 273 g/mol. The Kier molecular flexibility index (Phi) is 2.72. The lowest BCUT2D eigenvalue weighted by Crippen LogP contribution is -2.01. The number of nitrogens with zero attached hydrogens (tertiary/aromatic N) is 2. The fraction of sp³-hybridized carbons (Fsp3) is 0.0556. The predicted molar refractivity (Wildman–Crippen MR) is 86.5 cm³/mol. The summed E-state index contributed by atoms with van der Waals surface area (Å²) in [5, 5.41) is 8.07. The Bertz CT molecular complexity index is 937. The van der Waals surface area contributed by atoms with Crippen molar-refractivity contribution in [3.63, 3.8) is 0 Å². The monoisotopic (exact) mass is 273 g/mol. The van der Waals surface area contributed by atoms with E-state index in [1.165, 1.54) is 10.8 Å². The van der Waals surface area contributed by atoms with E-state index in [1.807, 2.05) is 29.1 Å². The van der Waals surface area contributed by atoms with Gasteiger partial charge in [0.05, 0.1) is 17.4 Å². The standard InChI is InChI=1S/C18H15N3/c19-11-13-9-10-18(16-7-3-2-6-15(13)16)21-17-8-4-1-5-14(17)12-20-21/h1-10,12H,11,19H2. The topological polar surface area (TPSA) is 43.8 Å². The second kappa shape index (κ2) is 4.72. The van der Waals surface area contributed by atoms with Gasteiger partial charge in [-0.15, -0.1) is 0 Å². The molecule has 3 nitrogen and oxygen atoms in total. The zero-order chi connectivity index (χ0) is 14.2. The van der Waals surface area contributed by atoms with E-state index in [4.69, 9.17) is 5.73 Å². The lowest BCUT2D eigenvalue weighted by atomic mass is 10.0. The normalized spacial score (nSPS) is 11.3. The third kappa shape index (κ3) is 1.82. The molecule has 4 rings (SSSR count). The minimum atomic E-state index is 0.542. The van der Waals surface area contributed by atoms with E-state index in [1.54, 1.807) is 0 Å². The van der Waals surface area contributed by atoms with Gasteiger partial charge in [-0.1, -0.05) is 48.5 Å². The molecule has 2 N–H and O–H groups in total. The van der Waals surface area contributed by atoms with Crippen LogP contribution >= 0.6 is 0 Å². The first kappa shape index (κ1) is 12.1. The fourth-order valence-corrected chi connectivity index (χ4v) is 2.87. The highest BCUT2D eigenvalue weighted by atomic mass is 15.3. The van der Waals surface area contributed by atoms with Crippen molar-refractivity contribution in [2.75, 3.05) is 0 Å². The largest absolute Gasteiger partial charge is 0.326 e. The summed E-state index contributed by atoms with van der Waals surface area (Å²) in [6.45, 7) is 0.542. The molecule has 0 aliphatic rings. The number of nitrogens with two attached hydrogens (primary N) is 1. The SMILES string of the molecule is NCc1ccc(-n2ncc3ccccc32)c2ccccc12. The van der Waals surface area contributed by atoms with Crippen LogP contribution in [-0.4, -0.2) is 9.78 Å². The Balaban J connectivity index is 2.07. The van der Waals surface area contributed by atoms with Crippen LogP contribution < -0.4 is 5.73 Å². The first-order chi connectivity index (χ1) is 10.4. The molecule has 0 saturated carbocycles. The zero-order valence-electron chi connectivity index (χ0n) is 11.5. The molecule has 0 amide bonds. The summed E-state index contributed by atoms with van der Waals surface area (Å²) in [5.41, 5.74) is 9.21. The highest BCUT2D eigenvalue weighted by Gasteiger charge is 2.09. The number of aromatic nitrogens is 2. The molecular formula is C18H15N3. The molecule has 0 bridgehead atoms. The Labute approximate surface area is 122 Å². The summed E-state index contributed by atoms with van der Waals surface area (Å²) in [6, 6.07) is 20.8. The van der Waals surface area contributed by atoms with Crippen molar-refractivity contribution in [3.8, 4) is 5.69 Å². The van der Waals surface area contributed by atoms with E-state index < -0.39 is 0 Å². The van der Waals surface area contributed by atoms with Crippen molar-refractivity contribution in [2.24, 2.45) is 5.73 Å². The molecule has 3 heteroatoms. The van der Waals surface area contributed by atoms with Gasteiger partial charge in [0, 0.05) is 17.3 Å². The van der Waals surface area contributed by atoms with Crippen molar-refractivity contribution in [1.82, 2.24) is 9.78 Å². The molecular weight excluding hydrogens is 258 g/mol. The molecule has 0 atom stereocenters. The average Bonchev–Trinajstić information content (AvgIpc) is 2.98. The Hall–Kier alpha value is -2.65. The van der Waals surface area contributed by atoms with Crippen LogP contribution in [-0.2, 0) is 6.54 Å². The molecule has 0 radical (unpaired) electrons. The second-order valence-electron chi connectivity index (χ2n) is 5.11. The van der Waals surface area contributed by atoms with E-state index in [0.717, 1.165) is 22.2 Å². The molecule has 0 unspecified atom stereocenters. The van der Waals surface area contributed by atoms with E-state index in [-0.39, 0.29) is 0 Å². The maximum atomic E-state index is 5.85. The second-order valence-corrected chi connectivity index (χ2v) is 5.11. The van der Waals surface area contributed by atoms with Gasteiger partial charge < -0.3 is 5.73 Å². The molecule has 1 heterocycles. The highest BCUT2D eigenvalue weighted by molar-refractivity contribution is 5.94. The zero-order valence-corrected chi connectivity index (χ0v) is 11.5. The fourth-order valence-electron chi connectivity index (χ4n) is 2.87. The van der Waals surface area contributed by atoms with Crippen LogP contribution in [0.3, 0.4) is 0 Å². The van der Waals surface area contributed by atoms with Gasteiger partial charge in [0.15, 0.2) is 0 Å². The molecule has 0 aliphatic heterocycles. The van der Waals surface area contributed by atoms with E-state index in [9.17, 15) is 0 Å². The Morgan fingerprint density at radius 3 is 2.48 bits per heavy atom. The summed E-state index contributed by atoms with van der Waals surface area (Å²) in [7, 11) is 0. The molecule has 4 aromatic rings. The van der Waals surface area contributed by atoms with Gasteiger partial charge in [-0.2, -0.15) is 5.10 Å². The number of hydrogen-bond acceptors (Lipinski definition) is 2. The van der Waals surface area contributed by atoms with Gasteiger partial charge in [0.2, 0.25) is 0 Å². The summed E-state index contributed by atoms with van der Waals surface area (Å²) in [6.07, 6.45) is 1.90. The van der Waals surface area contributed by atoms with Crippen molar-refractivity contribution >= 4 is 21.7 Å². The van der Waals surface area contributed by atoms with Gasteiger partial charge in [0.25, 0.3) is 0 Å². The molecule has 0 spiro atoms. The van der Waals surface area contributed by atoms with Crippen molar-refractivity contribution in [3.05, 3.63) is 72.4 Å². The van der Waals surface area contributed by atoms with Crippen LogP contribution in [0, 0.1) is 0 Å². The molecule has 0 saturated heterocycles. The van der Waals surface area contributed by atoms with E-state index in [0.29, 0.717) is 6.54 Å². The lowest BCUT2D eigenvalue weighted by molar-refractivity contribution is 0.917.